The Morgan fingerprint density at radius 1 is 0.941 bits per heavy atom. The van der Waals surface area contributed by atoms with Crippen LogP contribution in [0.3, 0.4) is 0 Å². The summed E-state index contributed by atoms with van der Waals surface area (Å²) in [5, 5.41) is 3.51. The lowest BCUT2D eigenvalue weighted by Gasteiger charge is -2.29. The first-order chi connectivity index (χ1) is 16.4. The van der Waals surface area contributed by atoms with Gasteiger partial charge in [-0.05, 0) is 66.4 Å². The second kappa shape index (κ2) is 12.2. The number of nitrogens with one attached hydrogen (secondary N) is 1. The molecule has 0 spiro atoms. The van der Waals surface area contributed by atoms with Crippen LogP contribution in [0.5, 0.6) is 5.75 Å². The van der Waals surface area contributed by atoms with Crippen LogP contribution in [-0.2, 0) is 29.0 Å². The van der Waals surface area contributed by atoms with Crippen molar-refractivity contribution in [1.29, 1.82) is 0 Å². The topological polar surface area (TPSA) is 58.6 Å². The standard InChI is InChI=1S/C27H28ClFN2O3/c1-19(27(33)30-16-15-20-7-13-25(34-2)14-8-20)31(18-22-5-11-24(29)12-6-22)26(32)17-21-3-9-23(28)10-4-21/h3-14,19H,15-18H2,1-2H3,(H,30,33)/t19-/m1/s1. The van der Waals surface area contributed by atoms with E-state index < -0.39 is 6.04 Å². The number of ether oxygens (including phenoxy) is 1. The molecule has 5 nitrogen and oxygen atoms in total. The van der Waals surface area contributed by atoms with Crippen molar-refractivity contribution in [2.75, 3.05) is 13.7 Å². The maximum absolute atomic E-state index is 13.3. The molecule has 0 aliphatic carbocycles. The summed E-state index contributed by atoms with van der Waals surface area (Å²) in [7, 11) is 1.61. The summed E-state index contributed by atoms with van der Waals surface area (Å²) < 4.78 is 18.5. The van der Waals surface area contributed by atoms with E-state index in [9.17, 15) is 14.0 Å². The van der Waals surface area contributed by atoms with Gasteiger partial charge in [0.2, 0.25) is 11.8 Å². The van der Waals surface area contributed by atoms with Crippen molar-refractivity contribution in [3.05, 3.63) is 100 Å². The zero-order valence-corrected chi connectivity index (χ0v) is 20.0. The van der Waals surface area contributed by atoms with Crippen molar-refractivity contribution in [2.45, 2.75) is 32.4 Å². The van der Waals surface area contributed by atoms with Gasteiger partial charge in [0, 0.05) is 18.1 Å². The van der Waals surface area contributed by atoms with Crippen LogP contribution < -0.4 is 10.1 Å². The van der Waals surface area contributed by atoms with Gasteiger partial charge in [-0.1, -0.05) is 48.0 Å². The Morgan fingerprint density at radius 3 is 2.15 bits per heavy atom. The van der Waals surface area contributed by atoms with Crippen LogP contribution in [0.4, 0.5) is 4.39 Å². The Kier molecular flexibility index (Phi) is 9.05. The number of carbonyl (C=O) groups is 2. The van der Waals surface area contributed by atoms with Crippen LogP contribution in [0, 0.1) is 5.82 Å². The Morgan fingerprint density at radius 2 is 1.53 bits per heavy atom. The van der Waals surface area contributed by atoms with Gasteiger partial charge in [0.05, 0.1) is 13.5 Å². The van der Waals surface area contributed by atoms with E-state index >= 15 is 0 Å². The zero-order valence-electron chi connectivity index (χ0n) is 19.3. The Balaban J connectivity index is 1.66. The molecule has 0 aliphatic heterocycles. The molecule has 1 atom stereocenters. The molecule has 178 valence electrons. The van der Waals surface area contributed by atoms with Gasteiger partial charge >= 0.3 is 0 Å². The van der Waals surface area contributed by atoms with Gasteiger partial charge < -0.3 is 15.0 Å². The van der Waals surface area contributed by atoms with Crippen LogP contribution in [0.15, 0.2) is 72.8 Å². The minimum absolute atomic E-state index is 0.127. The molecule has 7 heteroatoms. The highest BCUT2D eigenvalue weighted by Gasteiger charge is 2.26. The second-order valence-corrected chi connectivity index (χ2v) is 8.45. The van der Waals surface area contributed by atoms with E-state index in [2.05, 4.69) is 5.32 Å². The maximum atomic E-state index is 13.3. The maximum Gasteiger partial charge on any atom is 0.242 e. The smallest absolute Gasteiger partial charge is 0.242 e. The number of methoxy groups -OCH3 is 1. The summed E-state index contributed by atoms with van der Waals surface area (Å²) >= 11 is 5.95. The number of rotatable bonds is 10. The number of halogens is 2. The fraction of sp³-hybridized carbons (Fsp3) is 0.259. The predicted molar refractivity (Wildman–Crippen MR) is 131 cm³/mol. The van der Waals surface area contributed by atoms with E-state index in [1.54, 1.807) is 50.4 Å². The van der Waals surface area contributed by atoms with Crippen molar-refractivity contribution in [3.8, 4) is 5.75 Å². The van der Waals surface area contributed by atoms with Gasteiger partial charge in [-0.25, -0.2) is 4.39 Å². The van der Waals surface area contributed by atoms with Gasteiger partial charge in [-0.2, -0.15) is 0 Å². The first-order valence-corrected chi connectivity index (χ1v) is 11.4. The number of hydrogen-bond acceptors (Lipinski definition) is 3. The molecule has 0 radical (unpaired) electrons. The normalized spacial score (nSPS) is 11.5. The van der Waals surface area contributed by atoms with Crippen LogP contribution >= 0.6 is 11.6 Å². The van der Waals surface area contributed by atoms with E-state index in [0.717, 1.165) is 22.4 Å². The largest absolute Gasteiger partial charge is 0.497 e. The first kappa shape index (κ1) is 25.2. The fourth-order valence-electron chi connectivity index (χ4n) is 3.52. The predicted octanol–water partition coefficient (Wildman–Crippen LogP) is 4.81. The molecule has 0 saturated carbocycles. The number of hydrogen-bond donors (Lipinski definition) is 1. The fourth-order valence-corrected chi connectivity index (χ4v) is 3.64. The quantitative estimate of drug-likeness (QED) is 0.451. The highest BCUT2D eigenvalue weighted by molar-refractivity contribution is 6.30. The lowest BCUT2D eigenvalue weighted by atomic mass is 10.1. The molecule has 3 rings (SSSR count). The Bertz CT molecular complexity index is 1090. The molecule has 34 heavy (non-hydrogen) atoms. The van der Waals surface area contributed by atoms with Gasteiger partial charge in [-0.3, -0.25) is 9.59 Å². The lowest BCUT2D eigenvalue weighted by molar-refractivity contribution is -0.140. The van der Waals surface area contributed by atoms with E-state index in [0.29, 0.717) is 18.0 Å². The van der Waals surface area contributed by atoms with E-state index in [4.69, 9.17) is 16.3 Å². The minimum atomic E-state index is -0.708. The number of amides is 2. The average Bonchev–Trinajstić information content (AvgIpc) is 2.85. The molecule has 0 saturated heterocycles. The third-order valence-electron chi connectivity index (χ3n) is 5.57. The van der Waals surface area contributed by atoms with Gasteiger partial charge in [0.15, 0.2) is 0 Å². The SMILES string of the molecule is COc1ccc(CCNC(=O)[C@@H](C)N(Cc2ccc(F)cc2)C(=O)Cc2ccc(Cl)cc2)cc1. The third-order valence-corrected chi connectivity index (χ3v) is 5.83. The molecule has 0 unspecified atom stereocenters. The molecular weight excluding hydrogens is 455 g/mol. The van der Waals surface area contributed by atoms with Crippen molar-refractivity contribution in [1.82, 2.24) is 10.2 Å². The van der Waals surface area contributed by atoms with E-state index in [1.807, 2.05) is 24.3 Å². The third kappa shape index (κ3) is 7.32. The summed E-state index contributed by atoms with van der Waals surface area (Å²) in [5.74, 6) is -0.0336. The van der Waals surface area contributed by atoms with Gasteiger partial charge in [-0.15, -0.1) is 0 Å². The van der Waals surface area contributed by atoms with Crippen molar-refractivity contribution in [2.24, 2.45) is 0 Å². The molecule has 2 amide bonds. The van der Waals surface area contributed by atoms with Crippen molar-refractivity contribution >= 4 is 23.4 Å². The highest BCUT2D eigenvalue weighted by Crippen LogP contribution is 2.15. The summed E-state index contributed by atoms with van der Waals surface area (Å²) in [6, 6.07) is 19.9. The van der Waals surface area contributed by atoms with Crippen LogP contribution in [0.25, 0.3) is 0 Å². The van der Waals surface area contributed by atoms with Crippen LogP contribution in [-0.4, -0.2) is 36.4 Å². The van der Waals surface area contributed by atoms with E-state index in [-0.39, 0.29) is 30.6 Å². The second-order valence-electron chi connectivity index (χ2n) is 8.02. The molecule has 3 aromatic carbocycles. The Labute approximate surface area is 204 Å². The molecule has 0 heterocycles. The zero-order chi connectivity index (χ0) is 24.5. The van der Waals surface area contributed by atoms with Gasteiger partial charge in [0.1, 0.15) is 17.6 Å². The van der Waals surface area contributed by atoms with Crippen LogP contribution in [0.2, 0.25) is 5.02 Å². The highest BCUT2D eigenvalue weighted by atomic mass is 35.5. The molecule has 1 N–H and O–H groups in total. The number of carbonyl (C=O) groups excluding carboxylic acids is 2. The van der Waals surface area contributed by atoms with Crippen molar-refractivity contribution < 1.29 is 18.7 Å². The average molecular weight is 483 g/mol. The van der Waals surface area contributed by atoms with Gasteiger partial charge in [0.25, 0.3) is 0 Å². The van der Waals surface area contributed by atoms with Crippen LogP contribution in [0.1, 0.15) is 23.6 Å². The molecule has 0 aromatic heterocycles. The van der Waals surface area contributed by atoms with E-state index in [1.165, 1.54) is 17.0 Å². The molecule has 0 bridgehead atoms. The Hall–Kier alpha value is -3.38. The number of nitrogens with zero attached hydrogens (tertiary/aromatic N) is 1. The number of benzene rings is 3. The molecule has 3 aromatic rings. The minimum Gasteiger partial charge on any atom is -0.497 e. The van der Waals surface area contributed by atoms with Crippen molar-refractivity contribution in [3.63, 3.8) is 0 Å². The molecule has 0 fully saturated rings. The molecular formula is C27H28ClFN2O3. The summed E-state index contributed by atoms with van der Waals surface area (Å²) in [6.45, 7) is 2.33. The summed E-state index contributed by atoms with van der Waals surface area (Å²) in [6.07, 6.45) is 0.779. The summed E-state index contributed by atoms with van der Waals surface area (Å²) in [4.78, 5) is 27.6. The first-order valence-electron chi connectivity index (χ1n) is 11.0. The summed E-state index contributed by atoms with van der Waals surface area (Å²) in [5.41, 5.74) is 2.60. The lowest BCUT2D eigenvalue weighted by Crippen LogP contribution is -2.48. The monoisotopic (exact) mass is 482 g/mol. The molecule has 0 aliphatic rings.